The number of amides is 2. The molecule has 1 aromatic carbocycles. The quantitative estimate of drug-likeness (QED) is 0.0868. The van der Waals surface area contributed by atoms with Gasteiger partial charge in [0.1, 0.15) is 29.7 Å². The number of nitrogens with two attached hydrogens (primary N) is 1. The number of nitrogens with one attached hydrogen (secondary N) is 2. The summed E-state index contributed by atoms with van der Waals surface area (Å²) in [4.78, 5) is 36.1. The number of hydrogen-bond donors (Lipinski definition) is 4. The molecule has 3 fully saturated rings. The van der Waals surface area contributed by atoms with Crippen molar-refractivity contribution in [2.75, 3.05) is 12.3 Å². The van der Waals surface area contributed by atoms with Gasteiger partial charge in [0.05, 0.1) is 43.1 Å². The maximum Gasteiger partial charge on any atom is 0.303 e. The molecular weight excluding hydrogens is 609 g/mol. The molecule has 3 heterocycles. The van der Waals surface area contributed by atoms with E-state index < -0.39 is 41.8 Å². The number of allylic oxidation sites excluding steroid dienone is 2. The molecule has 0 saturated carbocycles. The van der Waals surface area contributed by atoms with Crippen LogP contribution in [0.3, 0.4) is 0 Å². The lowest BCUT2D eigenvalue weighted by Crippen LogP contribution is -2.50. The van der Waals surface area contributed by atoms with Crippen molar-refractivity contribution in [1.29, 1.82) is 0 Å². The van der Waals surface area contributed by atoms with E-state index in [1.54, 1.807) is 25.1 Å². The second kappa shape index (κ2) is 16.0. The van der Waals surface area contributed by atoms with Gasteiger partial charge in [0.25, 0.3) is 0 Å². The zero-order valence-electron chi connectivity index (χ0n) is 27.7. The first-order valence-corrected chi connectivity index (χ1v) is 16.2. The Morgan fingerprint density at radius 2 is 1.96 bits per heavy atom. The average Bonchev–Trinajstić information content (AvgIpc) is 3.78. The van der Waals surface area contributed by atoms with Crippen molar-refractivity contribution >= 4 is 23.5 Å². The number of benzene rings is 1. The highest BCUT2D eigenvalue weighted by Crippen LogP contribution is 2.43. The van der Waals surface area contributed by atoms with Gasteiger partial charge in [-0.1, -0.05) is 36.8 Å². The molecule has 0 aromatic heterocycles. The lowest BCUT2D eigenvalue weighted by atomic mass is 9.87. The monoisotopic (exact) mass is 657 g/mol. The minimum Gasteiger partial charge on any atom is -0.459 e. The molecule has 2 amide bonds. The van der Waals surface area contributed by atoms with E-state index in [1.807, 2.05) is 19.9 Å². The van der Waals surface area contributed by atoms with Crippen LogP contribution in [0, 0.1) is 11.7 Å². The first-order valence-electron chi connectivity index (χ1n) is 16.2. The Morgan fingerprint density at radius 1 is 1.21 bits per heavy atom. The molecule has 1 spiro atoms. The minimum absolute atomic E-state index is 0.0340. The van der Waals surface area contributed by atoms with E-state index in [0.717, 1.165) is 12.0 Å². The summed E-state index contributed by atoms with van der Waals surface area (Å²) in [5, 5.41) is 16.7. The molecule has 1 aromatic rings. The van der Waals surface area contributed by atoms with Gasteiger partial charge < -0.3 is 40.4 Å². The average molecular weight is 658 g/mol. The van der Waals surface area contributed by atoms with E-state index in [4.69, 9.17) is 24.7 Å². The number of epoxide rings is 1. The summed E-state index contributed by atoms with van der Waals surface area (Å²) in [6, 6.07) is 4.27. The second-order valence-corrected chi connectivity index (χ2v) is 13.0. The zero-order chi connectivity index (χ0) is 34.3. The molecule has 12 heteroatoms. The van der Waals surface area contributed by atoms with Gasteiger partial charge in [0.2, 0.25) is 11.8 Å². The Kier molecular flexibility index (Phi) is 12.4. The highest BCUT2D eigenvalue weighted by Gasteiger charge is 2.58. The van der Waals surface area contributed by atoms with Gasteiger partial charge >= 0.3 is 5.97 Å². The van der Waals surface area contributed by atoms with Gasteiger partial charge in [-0.25, -0.2) is 4.39 Å². The fourth-order valence-corrected chi connectivity index (χ4v) is 6.05. The smallest absolute Gasteiger partial charge is 0.303 e. The summed E-state index contributed by atoms with van der Waals surface area (Å²) in [5.74, 6) is -1.26. The Bertz CT molecular complexity index is 1380. The number of halogens is 1. The van der Waals surface area contributed by atoms with Crippen molar-refractivity contribution in [3.63, 3.8) is 0 Å². The van der Waals surface area contributed by atoms with Crippen LogP contribution in [-0.4, -0.2) is 77.8 Å². The number of anilines is 1. The summed E-state index contributed by atoms with van der Waals surface area (Å²) in [6.07, 6.45) is 7.91. The van der Waals surface area contributed by atoms with E-state index >= 15 is 0 Å². The summed E-state index contributed by atoms with van der Waals surface area (Å²) in [7, 11) is 0. The normalized spacial score (nSPS) is 31.6. The first-order chi connectivity index (χ1) is 22.2. The van der Waals surface area contributed by atoms with Gasteiger partial charge in [-0.15, -0.1) is 0 Å². The number of ether oxygens (including phenoxy) is 4. The van der Waals surface area contributed by atoms with E-state index in [0.29, 0.717) is 25.0 Å². The number of rotatable bonds is 12. The fraction of sp³-hybridized carbons (Fsp3) is 0.571. The summed E-state index contributed by atoms with van der Waals surface area (Å²) < 4.78 is 36.8. The van der Waals surface area contributed by atoms with Gasteiger partial charge in [0.15, 0.2) is 0 Å². The van der Waals surface area contributed by atoms with Crippen molar-refractivity contribution in [2.45, 2.75) is 115 Å². The topological polar surface area (TPSA) is 162 Å². The number of aliphatic hydroxyl groups is 1. The van der Waals surface area contributed by atoms with Gasteiger partial charge in [-0.05, 0) is 63.3 Å². The molecule has 5 N–H and O–H groups in total. The Labute approximate surface area is 275 Å². The molecule has 0 aliphatic carbocycles. The van der Waals surface area contributed by atoms with Crippen LogP contribution in [0.2, 0.25) is 0 Å². The van der Waals surface area contributed by atoms with E-state index in [-0.39, 0.29) is 54.6 Å². The molecule has 0 bridgehead atoms. The van der Waals surface area contributed by atoms with Crippen molar-refractivity contribution in [1.82, 2.24) is 10.6 Å². The van der Waals surface area contributed by atoms with E-state index in [9.17, 15) is 23.9 Å². The predicted octanol–water partition coefficient (Wildman–Crippen LogP) is 3.40. The van der Waals surface area contributed by atoms with Crippen LogP contribution in [-0.2, 0) is 39.9 Å². The number of aliphatic hydroxyl groups excluding tert-OH is 1. The second-order valence-electron chi connectivity index (χ2n) is 13.0. The maximum atomic E-state index is 13.7. The molecule has 3 aliphatic heterocycles. The number of carbonyl (C=O) groups is 3. The van der Waals surface area contributed by atoms with Crippen LogP contribution in [0.15, 0.2) is 54.2 Å². The van der Waals surface area contributed by atoms with Crippen LogP contribution < -0.4 is 16.4 Å². The zero-order valence-corrected chi connectivity index (χ0v) is 27.7. The molecule has 258 valence electrons. The standard InChI is InChI=1S/C35H48FN3O8/c1-20(6-11-30-21(2)14-29(23(4)46-30)39-32(41)13-8-22(3)45-24(5)40)7-12-31-34(43)35(19-44-35)17-26(47-31)16-33(42)38-18-25-9-10-28(37)27(36)15-25/h6-10,12-13,15,21-23,26,29-31,34,43H,11,14,16-19,37H2,1-5H3,(H,38,42)(H,39,41)/b12-7+,13-8?,20-6+/t21-,22?,23+,26+,29+,30-,31+,34+,35+/m0/s1. The number of nitrogen functional groups attached to an aromatic ring is 1. The molecule has 3 aliphatic rings. The third-order valence-corrected chi connectivity index (χ3v) is 8.89. The highest BCUT2D eigenvalue weighted by molar-refractivity contribution is 5.87. The van der Waals surface area contributed by atoms with Crippen LogP contribution in [0.4, 0.5) is 10.1 Å². The van der Waals surface area contributed by atoms with Crippen LogP contribution >= 0.6 is 0 Å². The number of carbonyl (C=O) groups excluding carboxylic acids is 3. The Morgan fingerprint density at radius 3 is 2.64 bits per heavy atom. The molecule has 3 saturated heterocycles. The number of esters is 1. The molecule has 47 heavy (non-hydrogen) atoms. The first kappa shape index (κ1) is 36.3. The van der Waals surface area contributed by atoms with Gasteiger partial charge in [-0.3, -0.25) is 14.4 Å². The van der Waals surface area contributed by atoms with Crippen molar-refractivity contribution in [3.05, 3.63) is 65.5 Å². The highest BCUT2D eigenvalue weighted by atomic mass is 19.1. The van der Waals surface area contributed by atoms with E-state index in [1.165, 1.54) is 25.1 Å². The molecule has 0 radical (unpaired) electrons. The van der Waals surface area contributed by atoms with Crippen molar-refractivity contribution in [3.8, 4) is 0 Å². The van der Waals surface area contributed by atoms with Gasteiger partial charge in [0, 0.05) is 26.0 Å². The fourth-order valence-electron chi connectivity index (χ4n) is 6.05. The molecule has 1 unspecified atom stereocenters. The number of hydrogen-bond acceptors (Lipinski definition) is 9. The summed E-state index contributed by atoms with van der Waals surface area (Å²) >= 11 is 0. The predicted molar refractivity (Wildman–Crippen MR) is 173 cm³/mol. The van der Waals surface area contributed by atoms with Crippen LogP contribution in [0.25, 0.3) is 0 Å². The SMILES string of the molecule is CC(=O)OC(C)C=CC(=O)N[C@@H]1C[C@H](C)[C@H](C/C=C(C)/C=C/[C@H]2O[C@H](CC(=O)NCc3ccc(N)c(F)c3)C[C@@]3(CO3)[C@@H]2O)O[C@@H]1C. The third-order valence-electron chi connectivity index (χ3n) is 8.89. The van der Waals surface area contributed by atoms with Crippen LogP contribution in [0.5, 0.6) is 0 Å². The van der Waals surface area contributed by atoms with Crippen LogP contribution in [0.1, 0.15) is 65.9 Å². The van der Waals surface area contributed by atoms with Gasteiger partial charge in [-0.2, -0.15) is 0 Å². The maximum absolute atomic E-state index is 13.7. The molecule has 9 atom stereocenters. The molecule has 11 nitrogen and oxygen atoms in total. The summed E-state index contributed by atoms with van der Waals surface area (Å²) in [5.41, 5.74) is 6.41. The lowest BCUT2D eigenvalue weighted by Gasteiger charge is -2.39. The molecular formula is C35H48FN3O8. The lowest BCUT2D eigenvalue weighted by molar-refractivity contribution is -0.145. The summed E-state index contributed by atoms with van der Waals surface area (Å²) in [6.45, 7) is 9.57. The third kappa shape index (κ3) is 10.5. The minimum atomic E-state index is -0.863. The van der Waals surface area contributed by atoms with Crippen molar-refractivity contribution < 1.29 is 42.8 Å². The Balaban J connectivity index is 1.25. The van der Waals surface area contributed by atoms with E-state index in [2.05, 4.69) is 23.6 Å². The largest absolute Gasteiger partial charge is 0.459 e. The Hall–Kier alpha value is -3.58. The molecule has 4 rings (SSSR count). The van der Waals surface area contributed by atoms with Crippen molar-refractivity contribution in [2.24, 2.45) is 5.92 Å².